The summed E-state index contributed by atoms with van der Waals surface area (Å²) in [6.45, 7) is 0. The average Bonchev–Trinajstić information content (AvgIpc) is 3.91. The van der Waals surface area contributed by atoms with Crippen LogP contribution in [0.25, 0.3) is 92.2 Å². The van der Waals surface area contributed by atoms with Crippen molar-refractivity contribution in [3.63, 3.8) is 0 Å². The number of nitrogens with zero attached hydrogens (tertiary/aromatic N) is 2. The summed E-state index contributed by atoms with van der Waals surface area (Å²) in [6.07, 6.45) is 0. The van der Waals surface area contributed by atoms with E-state index in [0.29, 0.717) is 0 Å². The lowest BCUT2D eigenvalue weighted by atomic mass is 9.91. The predicted molar refractivity (Wildman–Crippen MR) is 270 cm³/mol. The maximum absolute atomic E-state index is 2.53. The maximum Gasteiger partial charge on any atom is 0.0562 e. The Morgan fingerprint density at radius 1 is 0.317 bits per heavy atom. The minimum Gasteiger partial charge on any atom is -0.309 e. The van der Waals surface area contributed by atoms with E-state index in [1.165, 1.54) is 58.8 Å². The molecule has 12 rings (SSSR count). The Balaban J connectivity index is 1.18. The van der Waals surface area contributed by atoms with Crippen LogP contribution in [0, 0.1) is 0 Å². The van der Waals surface area contributed by atoms with E-state index in [1.54, 1.807) is 0 Å². The zero-order chi connectivity index (χ0) is 41.7. The Kier molecular flexibility index (Phi) is 9.06. The molecule has 0 aliphatic rings. The van der Waals surface area contributed by atoms with Crippen molar-refractivity contribution in [1.29, 1.82) is 0 Å². The van der Waals surface area contributed by atoms with Gasteiger partial charge in [0.05, 0.1) is 33.8 Å². The van der Waals surface area contributed by atoms with Crippen LogP contribution in [-0.2, 0) is 0 Å². The topological polar surface area (TPSA) is 8.17 Å². The zero-order valence-corrected chi connectivity index (χ0v) is 35.2. The summed E-state index contributed by atoms with van der Waals surface area (Å²) in [5.41, 5.74) is 16.2. The molecule has 0 atom stereocenters. The fourth-order valence-electron chi connectivity index (χ4n) is 9.71. The molecule has 0 saturated heterocycles. The first-order valence-electron chi connectivity index (χ1n) is 21.5. The molecular weight excluding hydrogens is 781 g/mol. The molecule has 12 aromatic rings. The smallest absolute Gasteiger partial charge is 0.0562 e. The van der Waals surface area contributed by atoms with Crippen molar-refractivity contribution in [2.24, 2.45) is 0 Å². The number of para-hydroxylation sites is 3. The molecule has 0 fully saturated rings. The summed E-state index contributed by atoms with van der Waals surface area (Å²) < 4.78 is 5.11. The highest BCUT2D eigenvalue weighted by Crippen LogP contribution is 2.51. The molecule has 0 N–H and O–H groups in total. The molecule has 3 heteroatoms. The molecule has 0 amide bonds. The minimum atomic E-state index is 1.10. The van der Waals surface area contributed by atoms with Gasteiger partial charge >= 0.3 is 0 Å². The molecule has 0 unspecified atom stereocenters. The first kappa shape index (κ1) is 36.8. The van der Waals surface area contributed by atoms with Crippen LogP contribution in [0.5, 0.6) is 0 Å². The average molecular weight is 821 g/mol. The highest BCUT2D eigenvalue weighted by atomic mass is 32.1. The van der Waals surface area contributed by atoms with Crippen LogP contribution in [0.3, 0.4) is 0 Å². The van der Waals surface area contributed by atoms with Crippen molar-refractivity contribution in [3.8, 4) is 50.2 Å². The lowest BCUT2D eigenvalue weighted by Crippen LogP contribution is -2.13. The van der Waals surface area contributed by atoms with E-state index >= 15 is 0 Å². The van der Waals surface area contributed by atoms with E-state index in [0.717, 1.165) is 50.5 Å². The van der Waals surface area contributed by atoms with Crippen LogP contribution < -0.4 is 4.90 Å². The van der Waals surface area contributed by atoms with Crippen LogP contribution in [0.4, 0.5) is 17.1 Å². The lowest BCUT2D eigenvalue weighted by Gasteiger charge is -2.31. The molecule has 296 valence electrons. The van der Waals surface area contributed by atoms with Gasteiger partial charge in [-0.1, -0.05) is 200 Å². The third-order valence-electron chi connectivity index (χ3n) is 12.4. The van der Waals surface area contributed by atoms with Gasteiger partial charge in [-0.05, 0) is 64.7 Å². The summed E-state index contributed by atoms with van der Waals surface area (Å²) in [7, 11) is 0. The van der Waals surface area contributed by atoms with Crippen LogP contribution in [0.2, 0.25) is 0 Å². The number of anilines is 3. The first-order chi connectivity index (χ1) is 31.3. The molecule has 2 heterocycles. The normalized spacial score (nSPS) is 11.5. The molecule has 10 aromatic carbocycles. The quantitative estimate of drug-likeness (QED) is 0.148. The summed E-state index contributed by atoms with van der Waals surface area (Å²) in [6, 6.07) is 88.4. The number of hydrogen-bond donors (Lipinski definition) is 0. The van der Waals surface area contributed by atoms with Gasteiger partial charge in [-0.3, -0.25) is 0 Å². The molecule has 2 aromatic heterocycles. The molecular formula is C60H40N2S. The van der Waals surface area contributed by atoms with Crippen molar-refractivity contribution < 1.29 is 0 Å². The van der Waals surface area contributed by atoms with Gasteiger partial charge < -0.3 is 9.47 Å². The molecule has 2 nitrogen and oxygen atoms in total. The summed E-state index contributed by atoms with van der Waals surface area (Å²) in [5, 5.41) is 4.99. The van der Waals surface area contributed by atoms with Crippen LogP contribution in [0.1, 0.15) is 0 Å². The Labute approximate surface area is 370 Å². The highest BCUT2D eigenvalue weighted by Gasteiger charge is 2.27. The van der Waals surface area contributed by atoms with Crippen molar-refractivity contribution in [2.75, 3.05) is 4.90 Å². The van der Waals surface area contributed by atoms with Crippen LogP contribution in [-0.4, -0.2) is 4.57 Å². The molecule has 63 heavy (non-hydrogen) atoms. The van der Waals surface area contributed by atoms with E-state index in [4.69, 9.17) is 0 Å². The zero-order valence-electron chi connectivity index (χ0n) is 34.4. The predicted octanol–water partition coefficient (Wildman–Crippen LogP) is 17.3. The van der Waals surface area contributed by atoms with Gasteiger partial charge in [0.1, 0.15) is 0 Å². The molecule has 0 spiro atoms. The first-order valence-corrected chi connectivity index (χ1v) is 22.3. The highest BCUT2D eigenvalue weighted by molar-refractivity contribution is 7.26. The number of fused-ring (bicyclic) bond motifs is 6. The molecule has 0 radical (unpaired) electrons. The van der Waals surface area contributed by atoms with E-state index < -0.39 is 0 Å². The van der Waals surface area contributed by atoms with E-state index in [-0.39, 0.29) is 0 Å². The summed E-state index contributed by atoms with van der Waals surface area (Å²) in [4.78, 5) is 2.53. The number of benzene rings is 10. The maximum atomic E-state index is 2.53. The second-order valence-electron chi connectivity index (χ2n) is 16.0. The minimum absolute atomic E-state index is 1.10. The van der Waals surface area contributed by atoms with E-state index in [2.05, 4.69) is 252 Å². The second-order valence-corrected chi connectivity index (χ2v) is 17.0. The van der Waals surface area contributed by atoms with Gasteiger partial charge in [0.2, 0.25) is 0 Å². The fourth-order valence-corrected chi connectivity index (χ4v) is 10.9. The van der Waals surface area contributed by atoms with Gasteiger partial charge in [0.25, 0.3) is 0 Å². The number of aromatic nitrogens is 1. The van der Waals surface area contributed by atoms with Gasteiger partial charge in [-0.15, -0.1) is 11.3 Å². The van der Waals surface area contributed by atoms with Gasteiger partial charge in [0, 0.05) is 53.2 Å². The van der Waals surface area contributed by atoms with Gasteiger partial charge in [-0.2, -0.15) is 0 Å². The van der Waals surface area contributed by atoms with Crippen molar-refractivity contribution in [2.45, 2.75) is 0 Å². The van der Waals surface area contributed by atoms with E-state index in [9.17, 15) is 0 Å². The standard InChI is InChI=1S/C60H40N2S/c1-4-21-41(22-5-1)44-27-10-14-34-51(44)62(54-37-19-31-45(42-23-6-2-7-24-42)58(54)43-25-8-3-9-26-43)56-39-20-38-55-59(56)50-30-12-16-36-53(50)61(55)52-35-15-11-28-46(52)48-32-18-33-49-47-29-13-17-40-57(47)63-60(48)49/h1-40H. The number of hydrogen-bond acceptors (Lipinski definition) is 2. The number of thiophene rings is 1. The van der Waals surface area contributed by atoms with Crippen molar-refractivity contribution >= 4 is 70.4 Å². The largest absolute Gasteiger partial charge is 0.309 e. The van der Waals surface area contributed by atoms with Gasteiger partial charge in [0.15, 0.2) is 0 Å². The summed E-state index contributed by atoms with van der Waals surface area (Å²) in [5.74, 6) is 0. The monoisotopic (exact) mass is 820 g/mol. The fraction of sp³-hybridized carbons (Fsp3) is 0. The Hall–Kier alpha value is -7.98. The third-order valence-corrected chi connectivity index (χ3v) is 13.6. The van der Waals surface area contributed by atoms with Crippen LogP contribution >= 0.6 is 11.3 Å². The molecule has 0 aliphatic carbocycles. The van der Waals surface area contributed by atoms with E-state index in [1.807, 2.05) is 11.3 Å². The molecule has 0 aliphatic heterocycles. The lowest BCUT2D eigenvalue weighted by molar-refractivity contribution is 1.18. The van der Waals surface area contributed by atoms with Crippen molar-refractivity contribution in [3.05, 3.63) is 243 Å². The van der Waals surface area contributed by atoms with Gasteiger partial charge in [-0.25, -0.2) is 0 Å². The molecule has 0 bridgehead atoms. The summed E-state index contributed by atoms with van der Waals surface area (Å²) >= 11 is 1.88. The Morgan fingerprint density at radius 2 is 0.825 bits per heavy atom. The Bertz CT molecular complexity index is 3620. The third kappa shape index (κ3) is 6.16. The Morgan fingerprint density at radius 3 is 1.62 bits per heavy atom. The second kappa shape index (κ2) is 15.5. The van der Waals surface area contributed by atoms with Crippen molar-refractivity contribution in [1.82, 2.24) is 4.57 Å². The van der Waals surface area contributed by atoms with Crippen LogP contribution in [0.15, 0.2) is 243 Å². The SMILES string of the molecule is c1ccc(-c2ccccc2N(c2cccc(-c3ccccc3)c2-c2ccccc2)c2cccc3c2c2ccccc2n3-c2ccccc2-c2cccc3c2sc2ccccc23)cc1. The molecule has 0 saturated carbocycles. The number of rotatable bonds is 8.